The molecule has 0 aromatic carbocycles. The van der Waals surface area contributed by atoms with Crippen LogP contribution in [-0.4, -0.2) is 40.3 Å². The molecule has 1 heterocycles. The first-order chi connectivity index (χ1) is 8.84. The van der Waals surface area contributed by atoms with Gasteiger partial charge in [0.2, 0.25) is 5.03 Å². The SMILES string of the molecule is CC(C)CCN(C1CC1)S(=O)(=O)c1c(Br)nnn1C. The first kappa shape index (κ1) is 14.9. The van der Waals surface area contributed by atoms with Gasteiger partial charge in [0.25, 0.3) is 10.0 Å². The highest BCUT2D eigenvalue weighted by Gasteiger charge is 2.40. The lowest BCUT2D eigenvalue weighted by Crippen LogP contribution is -2.35. The van der Waals surface area contributed by atoms with Crippen LogP contribution in [0.2, 0.25) is 0 Å². The molecule has 0 atom stereocenters. The minimum atomic E-state index is -3.53. The molecule has 1 aliphatic rings. The lowest BCUT2D eigenvalue weighted by Gasteiger charge is -2.22. The Bertz CT molecular complexity index is 532. The van der Waals surface area contributed by atoms with Gasteiger partial charge in [-0.15, -0.1) is 5.10 Å². The largest absolute Gasteiger partial charge is 0.263 e. The Labute approximate surface area is 122 Å². The minimum absolute atomic E-state index is 0.142. The molecule has 1 saturated carbocycles. The van der Waals surface area contributed by atoms with Crippen molar-refractivity contribution in [2.24, 2.45) is 13.0 Å². The van der Waals surface area contributed by atoms with Gasteiger partial charge in [-0.3, -0.25) is 0 Å². The van der Waals surface area contributed by atoms with Gasteiger partial charge in [0.15, 0.2) is 4.60 Å². The quantitative estimate of drug-likeness (QED) is 0.784. The lowest BCUT2D eigenvalue weighted by molar-refractivity contribution is 0.369. The zero-order valence-electron chi connectivity index (χ0n) is 11.4. The average molecular weight is 351 g/mol. The van der Waals surface area contributed by atoms with Crippen molar-refractivity contribution in [2.75, 3.05) is 6.54 Å². The van der Waals surface area contributed by atoms with Crippen molar-refractivity contribution in [1.29, 1.82) is 0 Å². The van der Waals surface area contributed by atoms with E-state index in [1.807, 2.05) is 0 Å². The summed E-state index contributed by atoms with van der Waals surface area (Å²) in [5.74, 6) is 0.476. The van der Waals surface area contributed by atoms with E-state index in [0.717, 1.165) is 19.3 Å². The molecule has 0 aliphatic heterocycles. The number of sulfonamides is 1. The molecule has 2 rings (SSSR count). The number of halogens is 1. The van der Waals surface area contributed by atoms with Gasteiger partial charge in [-0.05, 0) is 41.1 Å². The molecule has 0 bridgehead atoms. The highest BCUT2D eigenvalue weighted by atomic mass is 79.9. The van der Waals surface area contributed by atoms with Gasteiger partial charge in [-0.2, -0.15) is 4.31 Å². The number of nitrogens with zero attached hydrogens (tertiary/aromatic N) is 4. The molecule has 0 radical (unpaired) electrons. The van der Waals surface area contributed by atoms with Crippen molar-refractivity contribution in [2.45, 2.75) is 44.2 Å². The van der Waals surface area contributed by atoms with Crippen LogP contribution in [-0.2, 0) is 17.1 Å². The van der Waals surface area contributed by atoms with E-state index in [1.54, 1.807) is 11.4 Å². The molecule has 1 aliphatic carbocycles. The summed E-state index contributed by atoms with van der Waals surface area (Å²) in [7, 11) is -1.93. The van der Waals surface area contributed by atoms with Gasteiger partial charge < -0.3 is 0 Å². The van der Waals surface area contributed by atoms with Crippen LogP contribution in [0.4, 0.5) is 0 Å². The second-order valence-electron chi connectivity index (χ2n) is 5.34. The number of aryl methyl sites for hydroxylation is 1. The Balaban J connectivity index is 2.30. The van der Waals surface area contributed by atoms with Crippen LogP contribution in [0.1, 0.15) is 33.1 Å². The van der Waals surface area contributed by atoms with Crippen molar-refractivity contribution >= 4 is 26.0 Å². The molecule has 0 unspecified atom stereocenters. The zero-order valence-corrected chi connectivity index (χ0v) is 13.8. The minimum Gasteiger partial charge on any atom is -0.235 e. The second kappa shape index (κ2) is 5.49. The summed E-state index contributed by atoms with van der Waals surface area (Å²) in [5, 5.41) is 7.66. The number of rotatable bonds is 6. The predicted molar refractivity (Wildman–Crippen MR) is 75.1 cm³/mol. The number of hydrogen-bond donors (Lipinski definition) is 0. The molecule has 0 spiro atoms. The molecule has 0 N–H and O–H groups in total. The van der Waals surface area contributed by atoms with E-state index in [-0.39, 0.29) is 15.7 Å². The number of hydrogen-bond acceptors (Lipinski definition) is 4. The molecule has 1 aromatic heterocycles. The van der Waals surface area contributed by atoms with Crippen LogP contribution in [0.3, 0.4) is 0 Å². The average Bonchev–Trinajstić information content (AvgIpc) is 3.04. The highest BCUT2D eigenvalue weighted by molar-refractivity contribution is 9.10. The van der Waals surface area contributed by atoms with Crippen molar-refractivity contribution in [1.82, 2.24) is 19.3 Å². The lowest BCUT2D eigenvalue weighted by atomic mass is 10.1. The van der Waals surface area contributed by atoms with E-state index in [4.69, 9.17) is 0 Å². The number of aromatic nitrogens is 3. The maximum atomic E-state index is 12.7. The summed E-state index contributed by atoms with van der Waals surface area (Å²) in [5.41, 5.74) is 0. The molecule has 0 saturated heterocycles. The molecule has 0 amide bonds. The van der Waals surface area contributed by atoms with Crippen LogP contribution in [0.25, 0.3) is 0 Å². The summed E-state index contributed by atoms with van der Waals surface area (Å²) in [6, 6.07) is 0.144. The fraction of sp³-hybridized carbons (Fsp3) is 0.818. The molecule has 1 fully saturated rings. The van der Waals surface area contributed by atoms with Gasteiger partial charge >= 0.3 is 0 Å². The molecule has 108 valence electrons. The van der Waals surface area contributed by atoms with Crippen molar-refractivity contribution in [3.63, 3.8) is 0 Å². The van der Waals surface area contributed by atoms with Gasteiger partial charge in [0.05, 0.1) is 0 Å². The van der Waals surface area contributed by atoms with E-state index in [2.05, 4.69) is 40.1 Å². The third-order valence-corrected chi connectivity index (χ3v) is 6.01. The molecule has 19 heavy (non-hydrogen) atoms. The first-order valence-electron chi connectivity index (χ1n) is 6.41. The van der Waals surface area contributed by atoms with Crippen LogP contribution in [0.15, 0.2) is 9.63 Å². The van der Waals surface area contributed by atoms with E-state index >= 15 is 0 Å². The summed E-state index contributed by atoms with van der Waals surface area (Å²) in [6.07, 6.45) is 2.75. The van der Waals surface area contributed by atoms with Gasteiger partial charge in [-0.1, -0.05) is 19.1 Å². The van der Waals surface area contributed by atoms with Crippen LogP contribution in [0.5, 0.6) is 0 Å². The van der Waals surface area contributed by atoms with E-state index in [0.29, 0.717) is 12.5 Å². The first-order valence-corrected chi connectivity index (χ1v) is 8.64. The molecule has 6 nitrogen and oxygen atoms in total. The summed E-state index contributed by atoms with van der Waals surface area (Å²) in [4.78, 5) is 0. The summed E-state index contributed by atoms with van der Waals surface area (Å²) in [6.45, 7) is 4.75. The molecular weight excluding hydrogens is 332 g/mol. The van der Waals surface area contributed by atoms with Crippen LogP contribution < -0.4 is 0 Å². The molecule has 1 aromatic rings. The third kappa shape index (κ3) is 3.17. The monoisotopic (exact) mass is 350 g/mol. The van der Waals surface area contributed by atoms with E-state index in [1.165, 1.54) is 4.68 Å². The van der Waals surface area contributed by atoms with Crippen molar-refractivity contribution in [3.8, 4) is 0 Å². The predicted octanol–water partition coefficient (Wildman–Crippen LogP) is 1.78. The Kier molecular flexibility index (Phi) is 4.32. The Morgan fingerprint density at radius 3 is 2.53 bits per heavy atom. The smallest absolute Gasteiger partial charge is 0.235 e. The normalized spacial score (nSPS) is 16.5. The highest BCUT2D eigenvalue weighted by Crippen LogP contribution is 2.33. The Morgan fingerprint density at radius 1 is 1.47 bits per heavy atom. The van der Waals surface area contributed by atoms with Gasteiger partial charge in [0.1, 0.15) is 0 Å². The summed E-state index contributed by atoms with van der Waals surface area (Å²) >= 11 is 3.17. The Morgan fingerprint density at radius 2 is 2.11 bits per heavy atom. The standard InChI is InChI=1S/C11H19BrN4O2S/c1-8(2)6-7-16(9-4-5-9)19(17,18)11-10(12)13-14-15(11)3/h8-9H,4-7H2,1-3H3. The van der Waals surface area contributed by atoms with Gasteiger partial charge in [0, 0.05) is 19.6 Å². The third-order valence-electron chi connectivity index (χ3n) is 3.17. The second-order valence-corrected chi connectivity index (χ2v) is 7.90. The maximum Gasteiger partial charge on any atom is 0.263 e. The van der Waals surface area contributed by atoms with E-state index in [9.17, 15) is 8.42 Å². The molecule has 8 heteroatoms. The van der Waals surface area contributed by atoms with Crippen molar-refractivity contribution < 1.29 is 8.42 Å². The summed E-state index contributed by atoms with van der Waals surface area (Å²) < 4.78 is 28.6. The fourth-order valence-corrected chi connectivity index (χ4v) is 4.69. The maximum absolute atomic E-state index is 12.7. The van der Waals surface area contributed by atoms with Gasteiger partial charge in [-0.25, -0.2) is 13.1 Å². The van der Waals surface area contributed by atoms with E-state index < -0.39 is 10.0 Å². The Hall–Kier alpha value is -0.470. The van der Waals surface area contributed by atoms with Crippen LogP contribution >= 0.6 is 15.9 Å². The topological polar surface area (TPSA) is 68.1 Å². The zero-order chi connectivity index (χ0) is 14.2. The fourth-order valence-electron chi connectivity index (χ4n) is 1.95. The van der Waals surface area contributed by atoms with Crippen molar-refractivity contribution in [3.05, 3.63) is 4.60 Å². The van der Waals surface area contributed by atoms with Crippen LogP contribution in [0, 0.1) is 5.92 Å². The molecular formula is C11H19BrN4O2S.